The molecule has 2 aromatic carbocycles. The summed E-state index contributed by atoms with van der Waals surface area (Å²) >= 11 is 0. The molecule has 0 spiro atoms. The monoisotopic (exact) mass is 333 g/mol. The first-order valence-corrected chi connectivity index (χ1v) is 9.55. The quantitative estimate of drug-likeness (QED) is 0.821. The van der Waals surface area contributed by atoms with Crippen molar-refractivity contribution in [1.82, 2.24) is 4.90 Å². The van der Waals surface area contributed by atoms with Gasteiger partial charge in [0.25, 0.3) is 0 Å². The molecule has 1 saturated heterocycles. The summed E-state index contributed by atoms with van der Waals surface area (Å²) in [6.07, 6.45) is 4.88. The van der Waals surface area contributed by atoms with Crippen molar-refractivity contribution < 1.29 is 4.79 Å². The molecule has 2 fully saturated rings. The summed E-state index contributed by atoms with van der Waals surface area (Å²) in [4.78, 5) is 14.7. The molecule has 2 aliphatic rings. The number of carbonyl (C=O) groups excluding carboxylic acids is 1. The van der Waals surface area contributed by atoms with Crippen LogP contribution in [-0.4, -0.2) is 23.8 Å². The van der Waals surface area contributed by atoms with Crippen LogP contribution in [0.25, 0.3) is 0 Å². The number of fused-ring (bicyclic) bond motifs is 1. The molecular formula is C23H27NO. The van der Waals surface area contributed by atoms with Crippen LogP contribution in [0.2, 0.25) is 0 Å². The summed E-state index contributed by atoms with van der Waals surface area (Å²) in [6.45, 7) is 3.26. The van der Waals surface area contributed by atoms with Crippen LogP contribution in [0.3, 0.4) is 0 Å². The Hall–Kier alpha value is -1.93. The normalized spacial score (nSPS) is 27.0. The number of benzene rings is 2. The lowest BCUT2D eigenvalue weighted by atomic mass is 9.60. The van der Waals surface area contributed by atoms with E-state index in [2.05, 4.69) is 65.6 Å². The minimum atomic E-state index is 0.266. The minimum Gasteiger partial charge on any atom is -0.300 e. The Balaban J connectivity index is 1.55. The predicted octanol–water partition coefficient (Wildman–Crippen LogP) is 4.49. The number of likely N-dealkylation sites (tertiary alicyclic amines) is 1. The summed E-state index contributed by atoms with van der Waals surface area (Å²) in [5, 5.41) is 0. The predicted molar refractivity (Wildman–Crippen MR) is 101 cm³/mol. The Morgan fingerprint density at radius 1 is 0.960 bits per heavy atom. The lowest BCUT2D eigenvalue weighted by Gasteiger charge is -2.51. The van der Waals surface area contributed by atoms with Gasteiger partial charge in [-0.25, -0.2) is 0 Å². The molecule has 1 saturated carbocycles. The van der Waals surface area contributed by atoms with E-state index in [0.29, 0.717) is 11.7 Å². The molecule has 0 amide bonds. The van der Waals surface area contributed by atoms with Gasteiger partial charge in [0.05, 0.1) is 0 Å². The highest BCUT2D eigenvalue weighted by Crippen LogP contribution is 2.47. The first-order valence-electron chi connectivity index (χ1n) is 9.55. The number of ketones is 1. The molecule has 0 aromatic heterocycles. The van der Waals surface area contributed by atoms with E-state index in [9.17, 15) is 4.79 Å². The minimum absolute atomic E-state index is 0.266. The second-order valence-electron chi connectivity index (χ2n) is 7.95. The van der Waals surface area contributed by atoms with Crippen LogP contribution in [-0.2, 0) is 17.8 Å². The van der Waals surface area contributed by atoms with Crippen molar-refractivity contribution in [2.45, 2.75) is 38.6 Å². The molecule has 0 radical (unpaired) electrons. The smallest absolute Gasteiger partial charge is 0.133 e. The zero-order valence-electron chi connectivity index (χ0n) is 14.9. The molecule has 2 aromatic rings. The van der Waals surface area contributed by atoms with Gasteiger partial charge in [-0.3, -0.25) is 9.69 Å². The summed E-state index contributed by atoms with van der Waals surface area (Å²) < 4.78 is 0. The molecule has 2 atom stereocenters. The highest BCUT2D eigenvalue weighted by Gasteiger charge is 2.46. The van der Waals surface area contributed by atoms with Gasteiger partial charge in [-0.05, 0) is 48.3 Å². The van der Waals surface area contributed by atoms with Crippen molar-refractivity contribution in [2.24, 2.45) is 11.3 Å². The van der Waals surface area contributed by atoms with E-state index in [4.69, 9.17) is 0 Å². The Morgan fingerprint density at radius 2 is 1.64 bits per heavy atom. The van der Waals surface area contributed by atoms with Crippen molar-refractivity contribution in [3.05, 3.63) is 71.8 Å². The average molecular weight is 333 g/mol. The van der Waals surface area contributed by atoms with Gasteiger partial charge in [0.15, 0.2) is 0 Å². The molecule has 1 aliphatic carbocycles. The number of carbonyl (C=O) groups is 1. The van der Waals surface area contributed by atoms with E-state index in [1.165, 1.54) is 11.1 Å². The Morgan fingerprint density at radius 3 is 2.36 bits per heavy atom. The van der Waals surface area contributed by atoms with Crippen molar-refractivity contribution in [2.75, 3.05) is 13.1 Å². The van der Waals surface area contributed by atoms with Crippen molar-refractivity contribution >= 4 is 5.78 Å². The van der Waals surface area contributed by atoms with Crippen LogP contribution in [0.15, 0.2) is 60.7 Å². The fourth-order valence-corrected chi connectivity index (χ4v) is 4.93. The molecule has 0 N–H and O–H groups in total. The zero-order chi connectivity index (χ0) is 17.1. The summed E-state index contributed by atoms with van der Waals surface area (Å²) in [6, 6.07) is 21.6. The van der Waals surface area contributed by atoms with Crippen molar-refractivity contribution in [3.63, 3.8) is 0 Å². The lowest BCUT2D eigenvalue weighted by Crippen LogP contribution is -2.52. The maximum atomic E-state index is 12.1. The van der Waals surface area contributed by atoms with E-state index in [1.54, 1.807) is 0 Å². The second-order valence-corrected chi connectivity index (χ2v) is 7.95. The molecule has 2 nitrogen and oxygen atoms in total. The Labute approximate surface area is 150 Å². The van der Waals surface area contributed by atoms with Crippen molar-refractivity contribution in [3.8, 4) is 0 Å². The fourth-order valence-electron chi connectivity index (χ4n) is 4.93. The van der Waals surface area contributed by atoms with Gasteiger partial charge in [0, 0.05) is 25.9 Å². The first kappa shape index (κ1) is 16.5. The van der Waals surface area contributed by atoms with Crippen LogP contribution in [0.4, 0.5) is 0 Å². The highest BCUT2D eigenvalue weighted by molar-refractivity contribution is 5.79. The van der Waals surface area contributed by atoms with Gasteiger partial charge < -0.3 is 0 Å². The molecule has 130 valence electrons. The van der Waals surface area contributed by atoms with Gasteiger partial charge in [-0.1, -0.05) is 60.7 Å². The van der Waals surface area contributed by atoms with E-state index in [-0.39, 0.29) is 5.41 Å². The van der Waals surface area contributed by atoms with Crippen LogP contribution in [0.1, 0.15) is 36.8 Å². The lowest BCUT2D eigenvalue weighted by molar-refractivity contribution is -0.128. The van der Waals surface area contributed by atoms with Gasteiger partial charge in [0.2, 0.25) is 0 Å². The first-order chi connectivity index (χ1) is 12.2. The summed E-state index contributed by atoms with van der Waals surface area (Å²) in [7, 11) is 0. The van der Waals surface area contributed by atoms with Gasteiger partial charge in [-0.15, -0.1) is 0 Å². The molecule has 4 rings (SSSR count). The molecule has 0 bridgehead atoms. The molecule has 2 heteroatoms. The average Bonchev–Trinajstić information content (AvgIpc) is 2.64. The number of rotatable bonds is 4. The van der Waals surface area contributed by atoms with Gasteiger partial charge in [-0.2, -0.15) is 0 Å². The zero-order valence-corrected chi connectivity index (χ0v) is 14.9. The van der Waals surface area contributed by atoms with Gasteiger partial charge in [0.1, 0.15) is 5.78 Å². The molecule has 25 heavy (non-hydrogen) atoms. The van der Waals surface area contributed by atoms with Crippen LogP contribution < -0.4 is 0 Å². The largest absolute Gasteiger partial charge is 0.300 e. The SMILES string of the molecule is O=C1CC[C@]2(Cc3ccccc3)CN(Cc3ccccc3)CCC2C1. The van der Waals surface area contributed by atoms with E-state index < -0.39 is 0 Å². The summed E-state index contributed by atoms with van der Waals surface area (Å²) in [5.74, 6) is 1.03. The third-order valence-corrected chi connectivity index (χ3v) is 6.22. The third-order valence-electron chi connectivity index (χ3n) is 6.22. The molecule has 1 aliphatic heterocycles. The Bertz CT molecular complexity index is 711. The molecule has 1 heterocycles. The number of nitrogens with zero attached hydrogens (tertiary/aromatic N) is 1. The maximum absolute atomic E-state index is 12.1. The number of hydrogen-bond acceptors (Lipinski definition) is 2. The van der Waals surface area contributed by atoms with E-state index in [1.807, 2.05) is 0 Å². The van der Waals surface area contributed by atoms with Gasteiger partial charge >= 0.3 is 0 Å². The third kappa shape index (κ3) is 3.69. The summed E-state index contributed by atoms with van der Waals surface area (Å²) in [5.41, 5.74) is 3.08. The molecule has 1 unspecified atom stereocenters. The van der Waals surface area contributed by atoms with E-state index >= 15 is 0 Å². The van der Waals surface area contributed by atoms with Crippen LogP contribution in [0.5, 0.6) is 0 Å². The maximum Gasteiger partial charge on any atom is 0.133 e. The number of piperidine rings is 1. The van der Waals surface area contributed by atoms with Crippen molar-refractivity contribution in [1.29, 1.82) is 0 Å². The second kappa shape index (κ2) is 7.13. The van der Waals surface area contributed by atoms with Crippen LogP contribution in [0, 0.1) is 11.3 Å². The Kier molecular flexibility index (Phi) is 4.72. The number of hydrogen-bond donors (Lipinski definition) is 0. The topological polar surface area (TPSA) is 20.3 Å². The molecular weight excluding hydrogens is 306 g/mol. The standard InChI is InChI=1S/C23H27NO/c25-22-11-13-23(16-19-7-3-1-4-8-19)18-24(14-12-21(23)15-22)17-20-9-5-2-6-10-20/h1-10,21H,11-18H2/t21?,23-/m0/s1. The van der Waals surface area contributed by atoms with Crippen LogP contribution >= 0.6 is 0 Å². The highest BCUT2D eigenvalue weighted by atomic mass is 16.1. The van der Waals surface area contributed by atoms with E-state index in [0.717, 1.165) is 51.7 Å². The number of Topliss-reactive ketones (excluding diaryl/α,β-unsaturated/α-hetero) is 1. The fraction of sp³-hybridized carbons (Fsp3) is 0.435.